The van der Waals surface area contributed by atoms with E-state index in [1.165, 1.54) is 0 Å². The molecule has 0 saturated carbocycles. The minimum absolute atomic E-state index is 0.183. The molecule has 1 heterocycles. The molecule has 0 aliphatic rings. The number of aromatic amines is 1. The number of fused-ring (bicyclic) bond motifs is 1. The summed E-state index contributed by atoms with van der Waals surface area (Å²) in [6, 6.07) is 5.59. The fourth-order valence-corrected chi connectivity index (χ4v) is 1.31. The molecular weight excluding hydrogens is 194 g/mol. The minimum Gasteiger partial charge on any atom is -0.488 e. The number of hydrogen-bond acceptors (Lipinski definition) is 4. The Bertz CT molecular complexity index is 441. The molecule has 0 fully saturated rings. The summed E-state index contributed by atoms with van der Waals surface area (Å²) < 4.78 is 5.42. The van der Waals surface area contributed by atoms with Crippen molar-refractivity contribution >= 4 is 11.0 Å². The number of ether oxygens (including phenoxy) is 1. The van der Waals surface area contributed by atoms with Crippen LogP contribution in [0.1, 0.15) is 0 Å². The van der Waals surface area contributed by atoms with E-state index in [9.17, 15) is 5.11 Å². The van der Waals surface area contributed by atoms with Gasteiger partial charge in [0.25, 0.3) is 0 Å². The molecule has 0 radical (unpaired) electrons. The molecule has 15 heavy (non-hydrogen) atoms. The number of rotatable bonds is 4. The van der Waals surface area contributed by atoms with E-state index >= 15 is 0 Å². The molecule has 0 saturated heterocycles. The quantitative estimate of drug-likeness (QED) is 0.671. The number of aromatic nitrogens is 2. The van der Waals surface area contributed by atoms with E-state index in [2.05, 4.69) is 9.97 Å². The van der Waals surface area contributed by atoms with Crippen LogP contribution >= 0.6 is 0 Å². The first kappa shape index (κ1) is 9.95. The Morgan fingerprint density at radius 2 is 2.40 bits per heavy atom. The standard InChI is InChI=1S/C10H13N3O2/c11-4-7(14)5-15-9-3-1-2-8-10(9)13-6-12-8/h1-3,6-7,14H,4-5,11H2,(H,12,13). The van der Waals surface area contributed by atoms with Crippen molar-refractivity contribution in [1.29, 1.82) is 0 Å². The highest BCUT2D eigenvalue weighted by Gasteiger charge is 2.06. The van der Waals surface area contributed by atoms with E-state index in [1.807, 2.05) is 18.2 Å². The summed E-state index contributed by atoms with van der Waals surface area (Å²) >= 11 is 0. The summed E-state index contributed by atoms with van der Waals surface area (Å²) in [6.45, 7) is 0.374. The molecule has 4 N–H and O–H groups in total. The second-order valence-electron chi connectivity index (χ2n) is 3.26. The lowest BCUT2D eigenvalue weighted by Gasteiger charge is -2.10. The van der Waals surface area contributed by atoms with Crippen LogP contribution in [0.25, 0.3) is 11.0 Å². The third-order valence-electron chi connectivity index (χ3n) is 2.12. The first-order chi connectivity index (χ1) is 7.31. The van der Waals surface area contributed by atoms with Crippen LogP contribution in [0.15, 0.2) is 24.5 Å². The van der Waals surface area contributed by atoms with Gasteiger partial charge in [-0.05, 0) is 12.1 Å². The van der Waals surface area contributed by atoms with Crippen molar-refractivity contribution in [3.63, 3.8) is 0 Å². The third kappa shape index (κ3) is 2.08. The normalized spacial score (nSPS) is 12.9. The first-order valence-electron chi connectivity index (χ1n) is 4.74. The van der Waals surface area contributed by atoms with Crippen LogP contribution in [-0.2, 0) is 0 Å². The molecule has 0 amide bonds. The van der Waals surface area contributed by atoms with Crippen LogP contribution in [0.5, 0.6) is 5.75 Å². The highest BCUT2D eigenvalue weighted by atomic mass is 16.5. The number of benzene rings is 1. The Balaban J connectivity index is 2.17. The number of aliphatic hydroxyl groups is 1. The summed E-state index contributed by atoms with van der Waals surface area (Å²) in [6.07, 6.45) is 0.968. The van der Waals surface area contributed by atoms with Gasteiger partial charge in [0.1, 0.15) is 24.0 Å². The molecule has 2 rings (SSSR count). The largest absolute Gasteiger partial charge is 0.488 e. The summed E-state index contributed by atoms with van der Waals surface area (Å²) in [5.74, 6) is 0.654. The van der Waals surface area contributed by atoms with Gasteiger partial charge in [-0.25, -0.2) is 4.98 Å². The third-order valence-corrected chi connectivity index (χ3v) is 2.12. The summed E-state index contributed by atoms with van der Waals surface area (Å²) in [4.78, 5) is 7.11. The van der Waals surface area contributed by atoms with Crippen molar-refractivity contribution in [3.05, 3.63) is 24.5 Å². The Labute approximate surface area is 86.9 Å². The average molecular weight is 207 g/mol. The summed E-state index contributed by atoms with van der Waals surface area (Å²) in [5, 5.41) is 9.26. The van der Waals surface area contributed by atoms with E-state index in [0.717, 1.165) is 11.0 Å². The Morgan fingerprint density at radius 3 is 3.20 bits per heavy atom. The highest BCUT2D eigenvalue weighted by Crippen LogP contribution is 2.21. The van der Waals surface area contributed by atoms with Gasteiger partial charge in [-0.1, -0.05) is 6.07 Å². The van der Waals surface area contributed by atoms with Crippen LogP contribution in [0.2, 0.25) is 0 Å². The maximum Gasteiger partial charge on any atom is 0.147 e. The SMILES string of the molecule is NCC(O)COc1cccc2[nH]cnc12. The van der Waals surface area contributed by atoms with Gasteiger partial charge in [0, 0.05) is 6.54 Å². The van der Waals surface area contributed by atoms with E-state index in [4.69, 9.17) is 10.5 Å². The molecule has 5 nitrogen and oxygen atoms in total. The maximum absolute atomic E-state index is 9.26. The molecule has 80 valence electrons. The van der Waals surface area contributed by atoms with E-state index in [1.54, 1.807) is 6.33 Å². The number of hydrogen-bond donors (Lipinski definition) is 3. The maximum atomic E-state index is 9.26. The van der Waals surface area contributed by atoms with Gasteiger partial charge in [-0.3, -0.25) is 0 Å². The topological polar surface area (TPSA) is 84.2 Å². The summed E-state index contributed by atoms with van der Waals surface area (Å²) in [7, 11) is 0. The molecule has 0 spiro atoms. The zero-order valence-electron chi connectivity index (χ0n) is 8.18. The minimum atomic E-state index is -0.640. The fourth-order valence-electron chi connectivity index (χ4n) is 1.31. The molecule has 0 bridgehead atoms. The van der Waals surface area contributed by atoms with Gasteiger partial charge in [-0.15, -0.1) is 0 Å². The van der Waals surface area contributed by atoms with Gasteiger partial charge in [0.05, 0.1) is 11.8 Å². The predicted molar refractivity (Wildman–Crippen MR) is 56.6 cm³/mol. The lowest BCUT2D eigenvalue weighted by atomic mass is 10.3. The van der Waals surface area contributed by atoms with Gasteiger partial charge in [-0.2, -0.15) is 0 Å². The monoisotopic (exact) mass is 207 g/mol. The van der Waals surface area contributed by atoms with Crippen LogP contribution in [0.3, 0.4) is 0 Å². The van der Waals surface area contributed by atoms with Gasteiger partial charge in [0.15, 0.2) is 0 Å². The van der Waals surface area contributed by atoms with Crippen LogP contribution < -0.4 is 10.5 Å². The van der Waals surface area contributed by atoms with Gasteiger partial charge < -0.3 is 20.6 Å². The Kier molecular flexibility index (Phi) is 2.84. The van der Waals surface area contributed by atoms with Crippen molar-refractivity contribution in [1.82, 2.24) is 9.97 Å². The average Bonchev–Trinajstić information content (AvgIpc) is 2.74. The van der Waals surface area contributed by atoms with Crippen molar-refractivity contribution in [2.45, 2.75) is 6.10 Å². The second-order valence-corrected chi connectivity index (χ2v) is 3.26. The number of imidazole rings is 1. The molecule has 1 aromatic carbocycles. The van der Waals surface area contributed by atoms with Crippen LogP contribution in [0.4, 0.5) is 0 Å². The van der Waals surface area contributed by atoms with Crippen molar-refractivity contribution in [3.8, 4) is 5.75 Å². The Hall–Kier alpha value is -1.59. The zero-order valence-corrected chi connectivity index (χ0v) is 8.18. The predicted octanol–water partition coefficient (Wildman–Crippen LogP) is 0.261. The smallest absolute Gasteiger partial charge is 0.147 e. The Morgan fingerprint density at radius 1 is 1.53 bits per heavy atom. The van der Waals surface area contributed by atoms with Gasteiger partial charge >= 0.3 is 0 Å². The van der Waals surface area contributed by atoms with Crippen molar-refractivity contribution < 1.29 is 9.84 Å². The molecule has 1 atom stereocenters. The number of nitrogens with one attached hydrogen (secondary N) is 1. The molecular formula is C10H13N3O2. The second kappa shape index (κ2) is 4.29. The number of H-pyrrole nitrogens is 1. The molecule has 2 aromatic rings. The van der Waals surface area contributed by atoms with Crippen LogP contribution in [-0.4, -0.2) is 34.3 Å². The fraction of sp³-hybridized carbons (Fsp3) is 0.300. The molecule has 0 aliphatic heterocycles. The van der Waals surface area contributed by atoms with Crippen LogP contribution in [0, 0.1) is 0 Å². The summed E-state index contributed by atoms with van der Waals surface area (Å²) in [5.41, 5.74) is 6.95. The van der Waals surface area contributed by atoms with Gasteiger partial charge in [0.2, 0.25) is 0 Å². The molecule has 1 aromatic heterocycles. The lowest BCUT2D eigenvalue weighted by Crippen LogP contribution is -2.26. The number of para-hydroxylation sites is 1. The number of nitrogens with zero attached hydrogens (tertiary/aromatic N) is 1. The molecule has 5 heteroatoms. The number of aliphatic hydroxyl groups excluding tert-OH is 1. The lowest BCUT2D eigenvalue weighted by molar-refractivity contribution is 0.115. The first-order valence-corrected chi connectivity index (χ1v) is 4.74. The molecule has 0 aliphatic carbocycles. The number of nitrogens with two attached hydrogens (primary N) is 1. The van der Waals surface area contributed by atoms with Crippen molar-refractivity contribution in [2.75, 3.05) is 13.2 Å². The van der Waals surface area contributed by atoms with E-state index in [0.29, 0.717) is 5.75 Å². The highest BCUT2D eigenvalue weighted by molar-refractivity contribution is 5.80. The zero-order chi connectivity index (χ0) is 10.7. The van der Waals surface area contributed by atoms with E-state index < -0.39 is 6.10 Å². The molecule has 1 unspecified atom stereocenters. The van der Waals surface area contributed by atoms with Crippen molar-refractivity contribution in [2.24, 2.45) is 5.73 Å². The van der Waals surface area contributed by atoms with E-state index in [-0.39, 0.29) is 13.2 Å².